The zero-order valence-corrected chi connectivity index (χ0v) is 9.16. The molecule has 0 radical (unpaired) electrons. The first-order valence-electron chi connectivity index (χ1n) is 5.50. The van der Waals surface area contributed by atoms with E-state index in [4.69, 9.17) is 0 Å². The molecule has 1 fully saturated rings. The molecule has 0 amide bonds. The van der Waals surface area contributed by atoms with Crippen molar-refractivity contribution in [1.29, 1.82) is 0 Å². The number of likely N-dealkylation sites (tertiary alicyclic amines) is 1. The van der Waals surface area contributed by atoms with E-state index in [0.29, 0.717) is 18.6 Å². The molecule has 1 N–H and O–H groups in total. The first-order valence-corrected chi connectivity index (χ1v) is 5.50. The van der Waals surface area contributed by atoms with Gasteiger partial charge in [0.25, 0.3) is 0 Å². The molecule has 1 heterocycles. The molecule has 0 bridgehead atoms. The van der Waals surface area contributed by atoms with E-state index in [1.807, 2.05) is 0 Å². The van der Waals surface area contributed by atoms with Gasteiger partial charge in [-0.2, -0.15) is 0 Å². The van der Waals surface area contributed by atoms with E-state index >= 15 is 0 Å². The van der Waals surface area contributed by atoms with Crippen molar-refractivity contribution < 1.29 is 5.11 Å². The summed E-state index contributed by atoms with van der Waals surface area (Å²) in [5.74, 6) is 1.45. The molecule has 1 rings (SSSR count). The second kappa shape index (κ2) is 4.97. The topological polar surface area (TPSA) is 23.5 Å². The highest BCUT2D eigenvalue weighted by Crippen LogP contribution is 2.23. The van der Waals surface area contributed by atoms with Gasteiger partial charge in [-0.15, -0.1) is 0 Å². The Morgan fingerprint density at radius 3 is 2.69 bits per heavy atom. The Morgan fingerprint density at radius 1 is 1.46 bits per heavy atom. The summed E-state index contributed by atoms with van der Waals surface area (Å²) in [6.07, 6.45) is 2.51. The Labute approximate surface area is 81.9 Å². The smallest absolute Gasteiger partial charge is 0.0589 e. The van der Waals surface area contributed by atoms with Crippen LogP contribution in [0.3, 0.4) is 0 Å². The zero-order valence-electron chi connectivity index (χ0n) is 9.16. The largest absolute Gasteiger partial charge is 0.395 e. The van der Waals surface area contributed by atoms with Gasteiger partial charge in [-0.05, 0) is 37.8 Å². The fourth-order valence-electron chi connectivity index (χ4n) is 2.08. The van der Waals surface area contributed by atoms with Crippen LogP contribution in [0.25, 0.3) is 0 Å². The lowest BCUT2D eigenvalue weighted by Gasteiger charge is -2.25. The van der Waals surface area contributed by atoms with Crippen molar-refractivity contribution in [3.05, 3.63) is 0 Å². The first kappa shape index (κ1) is 11.0. The third-order valence-corrected chi connectivity index (χ3v) is 3.18. The average Bonchev–Trinajstić information content (AvgIpc) is 2.42. The Morgan fingerprint density at radius 2 is 2.15 bits per heavy atom. The monoisotopic (exact) mass is 185 g/mol. The van der Waals surface area contributed by atoms with E-state index in [1.54, 1.807) is 0 Å². The number of hydrogen-bond donors (Lipinski definition) is 1. The minimum atomic E-state index is 0.333. The van der Waals surface area contributed by atoms with E-state index in [-0.39, 0.29) is 0 Å². The maximum Gasteiger partial charge on any atom is 0.0589 e. The van der Waals surface area contributed by atoms with Crippen LogP contribution in [0, 0.1) is 11.8 Å². The zero-order chi connectivity index (χ0) is 9.84. The van der Waals surface area contributed by atoms with Crippen LogP contribution in [0.4, 0.5) is 0 Å². The summed E-state index contributed by atoms with van der Waals surface area (Å²) in [5, 5.41) is 9.23. The number of hydrogen-bond acceptors (Lipinski definition) is 2. The van der Waals surface area contributed by atoms with Gasteiger partial charge in [0.15, 0.2) is 0 Å². The van der Waals surface area contributed by atoms with E-state index in [0.717, 1.165) is 12.5 Å². The molecule has 2 unspecified atom stereocenters. The molecule has 0 saturated carbocycles. The summed E-state index contributed by atoms with van der Waals surface area (Å²) in [7, 11) is 0. The van der Waals surface area contributed by atoms with Gasteiger partial charge in [0.1, 0.15) is 0 Å². The third kappa shape index (κ3) is 2.96. The molecule has 2 heteroatoms. The van der Waals surface area contributed by atoms with Gasteiger partial charge in [0.05, 0.1) is 6.61 Å². The SMILES string of the molecule is CC(C)CCN1CCC(C)C1CO. The van der Waals surface area contributed by atoms with Gasteiger partial charge in [-0.1, -0.05) is 20.8 Å². The van der Waals surface area contributed by atoms with E-state index in [9.17, 15) is 5.11 Å². The number of nitrogens with zero attached hydrogens (tertiary/aromatic N) is 1. The maximum absolute atomic E-state index is 9.23. The Bertz CT molecular complexity index is 147. The molecule has 0 aromatic heterocycles. The second-order valence-corrected chi connectivity index (χ2v) is 4.73. The molecular formula is C11H23NO. The van der Waals surface area contributed by atoms with Crippen molar-refractivity contribution in [2.24, 2.45) is 11.8 Å². The first-order chi connectivity index (χ1) is 6.15. The molecule has 1 saturated heterocycles. The molecule has 13 heavy (non-hydrogen) atoms. The minimum Gasteiger partial charge on any atom is -0.395 e. The van der Waals surface area contributed by atoms with Crippen molar-refractivity contribution in [3.63, 3.8) is 0 Å². The standard InChI is InChI=1S/C11H23NO/c1-9(2)4-6-12-7-5-10(3)11(12)8-13/h9-11,13H,4-8H2,1-3H3. The number of aliphatic hydroxyl groups excluding tert-OH is 1. The fraction of sp³-hybridized carbons (Fsp3) is 1.00. The van der Waals surface area contributed by atoms with Crippen molar-refractivity contribution in [1.82, 2.24) is 4.90 Å². The van der Waals surface area contributed by atoms with Crippen molar-refractivity contribution in [3.8, 4) is 0 Å². The van der Waals surface area contributed by atoms with Crippen LogP contribution in [0.5, 0.6) is 0 Å². The highest BCUT2D eigenvalue weighted by atomic mass is 16.3. The summed E-state index contributed by atoms with van der Waals surface area (Å²) < 4.78 is 0. The second-order valence-electron chi connectivity index (χ2n) is 4.73. The molecule has 1 aliphatic heterocycles. The van der Waals surface area contributed by atoms with Gasteiger partial charge in [0, 0.05) is 6.04 Å². The van der Waals surface area contributed by atoms with E-state index in [2.05, 4.69) is 25.7 Å². The van der Waals surface area contributed by atoms with Crippen molar-refractivity contribution >= 4 is 0 Å². The molecule has 2 atom stereocenters. The van der Waals surface area contributed by atoms with Crippen LogP contribution in [-0.2, 0) is 0 Å². The van der Waals surface area contributed by atoms with E-state index in [1.165, 1.54) is 19.4 Å². The van der Waals surface area contributed by atoms with Crippen LogP contribution >= 0.6 is 0 Å². The molecular weight excluding hydrogens is 162 g/mol. The lowest BCUT2D eigenvalue weighted by molar-refractivity contribution is 0.135. The van der Waals surface area contributed by atoms with Gasteiger partial charge in [-0.3, -0.25) is 4.90 Å². The van der Waals surface area contributed by atoms with Crippen molar-refractivity contribution in [2.75, 3.05) is 19.7 Å². The average molecular weight is 185 g/mol. The third-order valence-electron chi connectivity index (χ3n) is 3.18. The normalized spacial score (nSPS) is 30.2. The Kier molecular flexibility index (Phi) is 4.20. The molecule has 0 aromatic carbocycles. The molecule has 1 aliphatic rings. The Hall–Kier alpha value is -0.0800. The molecule has 0 aliphatic carbocycles. The quantitative estimate of drug-likeness (QED) is 0.721. The maximum atomic E-state index is 9.23. The highest BCUT2D eigenvalue weighted by molar-refractivity contribution is 4.83. The highest BCUT2D eigenvalue weighted by Gasteiger charge is 2.29. The van der Waals surface area contributed by atoms with Gasteiger partial charge < -0.3 is 5.11 Å². The summed E-state index contributed by atoms with van der Waals surface area (Å²) >= 11 is 0. The predicted octanol–water partition coefficient (Wildman–Crippen LogP) is 1.74. The fourth-order valence-corrected chi connectivity index (χ4v) is 2.08. The van der Waals surface area contributed by atoms with Gasteiger partial charge >= 0.3 is 0 Å². The molecule has 2 nitrogen and oxygen atoms in total. The lowest BCUT2D eigenvalue weighted by atomic mass is 10.0. The van der Waals surface area contributed by atoms with Crippen LogP contribution in [-0.4, -0.2) is 35.7 Å². The van der Waals surface area contributed by atoms with Gasteiger partial charge in [0.2, 0.25) is 0 Å². The van der Waals surface area contributed by atoms with Crippen LogP contribution in [0.1, 0.15) is 33.6 Å². The summed E-state index contributed by atoms with van der Waals surface area (Å²) in [5.41, 5.74) is 0. The molecule has 78 valence electrons. The molecule has 0 spiro atoms. The number of rotatable bonds is 4. The molecule has 0 aromatic rings. The minimum absolute atomic E-state index is 0.333. The summed E-state index contributed by atoms with van der Waals surface area (Å²) in [4.78, 5) is 2.45. The Balaban J connectivity index is 2.32. The number of aliphatic hydroxyl groups is 1. The van der Waals surface area contributed by atoms with Crippen molar-refractivity contribution in [2.45, 2.75) is 39.7 Å². The predicted molar refractivity (Wildman–Crippen MR) is 55.7 cm³/mol. The lowest BCUT2D eigenvalue weighted by Crippen LogP contribution is -2.36. The van der Waals surface area contributed by atoms with E-state index < -0.39 is 0 Å². The van der Waals surface area contributed by atoms with Crippen LogP contribution in [0.2, 0.25) is 0 Å². The van der Waals surface area contributed by atoms with Crippen LogP contribution < -0.4 is 0 Å². The van der Waals surface area contributed by atoms with Gasteiger partial charge in [-0.25, -0.2) is 0 Å². The summed E-state index contributed by atoms with van der Waals surface area (Å²) in [6.45, 7) is 9.43. The van der Waals surface area contributed by atoms with Crippen LogP contribution in [0.15, 0.2) is 0 Å². The summed E-state index contributed by atoms with van der Waals surface area (Å²) in [6, 6.07) is 0.429.